The lowest BCUT2D eigenvalue weighted by atomic mass is 9.98. The maximum atomic E-state index is 3.59. The Balaban J connectivity index is 2.30. The molecule has 3 heteroatoms. The Morgan fingerprint density at radius 3 is 2.71 bits per heavy atom. The van der Waals surface area contributed by atoms with Crippen LogP contribution in [0.3, 0.4) is 0 Å². The zero-order chi connectivity index (χ0) is 12.6. The fourth-order valence-corrected chi connectivity index (χ4v) is 3.00. The van der Waals surface area contributed by atoms with Crippen molar-refractivity contribution < 1.29 is 0 Å². The van der Waals surface area contributed by atoms with Crippen LogP contribution >= 0.6 is 15.9 Å². The van der Waals surface area contributed by atoms with Crippen molar-refractivity contribution in [2.45, 2.75) is 39.3 Å². The van der Waals surface area contributed by atoms with Crippen molar-refractivity contribution in [1.29, 1.82) is 0 Å². The number of nitrogens with one attached hydrogen (secondary N) is 1. The van der Waals surface area contributed by atoms with Crippen LogP contribution in [0.5, 0.6) is 0 Å². The van der Waals surface area contributed by atoms with Gasteiger partial charge in [-0.25, -0.2) is 0 Å². The molecule has 0 aromatic heterocycles. The van der Waals surface area contributed by atoms with E-state index >= 15 is 0 Å². The van der Waals surface area contributed by atoms with Gasteiger partial charge in [-0.1, -0.05) is 15.9 Å². The van der Waals surface area contributed by atoms with E-state index in [1.165, 1.54) is 11.3 Å². The lowest BCUT2D eigenvalue weighted by Crippen LogP contribution is -2.61. The number of hydrogen-bond donors (Lipinski definition) is 1. The van der Waals surface area contributed by atoms with Gasteiger partial charge in [0.05, 0.1) is 0 Å². The molecule has 0 radical (unpaired) electrons. The Morgan fingerprint density at radius 1 is 1.35 bits per heavy atom. The zero-order valence-electron chi connectivity index (χ0n) is 11.0. The molecule has 1 fully saturated rings. The van der Waals surface area contributed by atoms with Gasteiger partial charge in [-0.15, -0.1) is 0 Å². The lowest BCUT2D eigenvalue weighted by Gasteiger charge is -2.44. The van der Waals surface area contributed by atoms with Crippen molar-refractivity contribution in [1.82, 2.24) is 5.32 Å². The smallest absolute Gasteiger partial charge is 0.0387 e. The summed E-state index contributed by atoms with van der Waals surface area (Å²) in [6.45, 7) is 11.0. The SMILES string of the molecule is Cc1cc(Br)cc(N2CC(C)(C)NCC2C)c1. The Bertz CT molecular complexity index is 394. The Kier molecular flexibility index (Phi) is 3.50. The minimum absolute atomic E-state index is 0.183. The highest BCUT2D eigenvalue weighted by atomic mass is 79.9. The maximum Gasteiger partial charge on any atom is 0.0387 e. The summed E-state index contributed by atoms with van der Waals surface area (Å²) in [5.74, 6) is 0. The monoisotopic (exact) mass is 296 g/mol. The molecular weight excluding hydrogens is 276 g/mol. The van der Waals surface area contributed by atoms with Crippen molar-refractivity contribution in [2.24, 2.45) is 0 Å². The molecule has 17 heavy (non-hydrogen) atoms. The molecule has 0 amide bonds. The highest BCUT2D eigenvalue weighted by Gasteiger charge is 2.30. The molecule has 0 aliphatic carbocycles. The summed E-state index contributed by atoms with van der Waals surface area (Å²) in [7, 11) is 0. The molecule has 1 aliphatic heterocycles. The van der Waals surface area contributed by atoms with Crippen LogP contribution in [0.2, 0.25) is 0 Å². The van der Waals surface area contributed by atoms with Crippen LogP contribution in [-0.2, 0) is 0 Å². The molecule has 2 rings (SSSR count). The molecule has 1 aromatic carbocycles. The molecule has 2 nitrogen and oxygen atoms in total. The fourth-order valence-electron chi connectivity index (χ4n) is 2.40. The first kappa shape index (κ1) is 12.9. The molecule has 0 spiro atoms. The molecular formula is C14H21BrN2. The Hall–Kier alpha value is -0.540. The van der Waals surface area contributed by atoms with E-state index in [0.29, 0.717) is 6.04 Å². The quantitative estimate of drug-likeness (QED) is 0.855. The maximum absolute atomic E-state index is 3.59. The third kappa shape index (κ3) is 3.02. The normalized spacial score (nSPS) is 23.8. The standard InChI is InChI=1S/C14H21BrN2/c1-10-5-12(15)7-13(6-10)17-9-14(3,4)16-8-11(17)2/h5-7,11,16H,8-9H2,1-4H3. The first-order chi connectivity index (χ1) is 7.87. The van der Waals surface area contributed by atoms with Crippen molar-refractivity contribution in [3.63, 3.8) is 0 Å². The molecule has 1 unspecified atom stereocenters. The van der Waals surface area contributed by atoms with E-state index < -0.39 is 0 Å². The summed E-state index contributed by atoms with van der Waals surface area (Å²) >= 11 is 3.59. The number of aryl methyl sites for hydroxylation is 1. The van der Waals surface area contributed by atoms with Crippen molar-refractivity contribution in [3.05, 3.63) is 28.2 Å². The van der Waals surface area contributed by atoms with Crippen molar-refractivity contribution >= 4 is 21.6 Å². The molecule has 1 heterocycles. The van der Waals surface area contributed by atoms with E-state index in [4.69, 9.17) is 0 Å². The van der Waals surface area contributed by atoms with Gasteiger partial charge >= 0.3 is 0 Å². The number of nitrogens with zero attached hydrogens (tertiary/aromatic N) is 1. The van der Waals surface area contributed by atoms with Crippen molar-refractivity contribution in [3.8, 4) is 0 Å². The van der Waals surface area contributed by atoms with Crippen LogP contribution in [0.15, 0.2) is 22.7 Å². The van der Waals surface area contributed by atoms with E-state index in [2.05, 4.69) is 72.0 Å². The number of rotatable bonds is 1. The largest absolute Gasteiger partial charge is 0.366 e. The highest BCUT2D eigenvalue weighted by Crippen LogP contribution is 2.27. The summed E-state index contributed by atoms with van der Waals surface area (Å²) in [5.41, 5.74) is 2.81. The number of anilines is 1. The van der Waals surface area contributed by atoms with E-state index in [-0.39, 0.29) is 5.54 Å². The lowest BCUT2D eigenvalue weighted by molar-refractivity contribution is 0.318. The summed E-state index contributed by atoms with van der Waals surface area (Å²) in [4.78, 5) is 2.49. The number of hydrogen-bond acceptors (Lipinski definition) is 2. The molecule has 1 saturated heterocycles. The Morgan fingerprint density at radius 2 is 2.06 bits per heavy atom. The van der Waals surface area contributed by atoms with Gasteiger partial charge in [0.25, 0.3) is 0 Å². The van der Waals surface area contributed by atoms with Crippen LogP contribution in [0, 0.1) is 6.92 Å². The summed E-state index contributed by atoms with van der Waals surface area (Å²) in [5, 5.41) is 3.58. The third-order valence-electron chi connectivity index (χ3n) is 3.33. The molecule has 1 aliphatic rings. The average molecular weight is 297 g/mol. The zero-order valence-corrected chi connectivity index (χ0v) is 12.6. The molecule has 94 valence electrons. The topological polar surface area (TPSA) is 15.3 Å². The highest BCUT2D eigenvalue weighted by molar-refractivity contribution is 9.10. The summed E-state index contributed by atoms with van der Waals surface area (Å²) in [6.07, 6.45) is 0. The second kappa shape index (κ2) is 4.62. The van der Waals surface area contributed by atoms with E-state index in [0.717, 1.165) is 17.6 Å². The summed E-state index contributed by atoms with van der Waals surface area (Å²) < 4.78 is 1.16. The molecule has 0 bridgehead atoms. The second-order valence-electron chi connectivity index (χ2n) is 5.73. The predicted molar refractivity (Wildman–Crippen MR) is 77.8 cm³/mol. The van der Waals surface area contributed by atoms with E-state index in [1.807, 2.05) is 0 Å². The molecule has 1 aromatic rings. The number of benzene rings is 1. The van der Waals surface area contributed by atoms with Crippen LogP contribution in [0.25, 0.3) is 0 Å². The summed E-state index contributed by atoms with van der Waals surface area (Å²) in [6, 6.07) is 7.17. The van der Waals surface area contributed by atoms with Crippen LogP contribution < -0.4 is 10.2 Å². The van der Waals surface area contributed by atoms with Crippen molar-refractivity contribution in [2.75, 3.05) is 18.0 Å². The van der Waals surface area contributed by atoms with Crippen LogP contribution in [0.1, 0.15) is 26.3 Å². The van der Waals surface area contributed by atoms with Gasteiger partial charge in [-0.2, -0.15) is 0 Å². The third-order valence-corrected chi connectivity index (χ3v) is 3.79. The Labute approximate surface area is 113 Å². The predicted octanol–water partition coefficient (Wildman–Crippen LogP) is 3.33. The minimum Gasteiger partial charge on any atom is -0.366 e. The fraction of sp³-hybridized carbons (Fsp3) is 0.571. The van der Waals surface area contributed by atoms with Gasteiger partial charge in [-0.05, 0) is 51.5 Å². The second-order valence-corrected chi connectivity index (χ2v) is 6.64. The van der Waals surface area contributed by atoms with E-state index in [1.54, 1.807) is 0 Å². The van der Waals surface area contributed by atoms with Gasteiger partial charge < -0.3 is 10.2 Å². The number of piperazine rings is 1. The first-order valence-corrected chi connectivity index (χ1v) is 6.95. The molecule has 1 atom stereocenters. The van der Waals surface area contributed by atoms with Gasteiger partial charge in [-0.3, -0.25) is 0 Å². The first-order valence-electron chi connectivity index (χ1n) is 6.16. The van der Waals surface area contributed by atoms with E-state index in [9.17, 15) is 0 Å². The number of halogens is 1. The van der Waals surface area contributed by atoms with Gasteiger partial charge in [0.2, 0.25) is 0 Å². The van der Waals surface area contributed by atoms with Crippen LogP contribution in [-0.4, -0.2) is 24.7 Å². The van der Waals surface area contributed by atoms with Gasteiger partial charge in [0.15, 0.2) is 0 Å². The average Bonchev–Trinajstić information content (AvgIpc) is 2.20. The molecule has 0 saturated carbocycles. The molecule has 1 N–H and O–H groups in total. The van der Waals surface area contributed by atoms with Crippen LogP contribution in [0.4, 0.5) is 5.69 Å². The van der Waals surface area contributed by atoms with Gasteiger partial charge in [0, 0.05) is 34.8 Å². The van der Waals surface area contributed by atoms with Gasteiger partial charge in [0.1, 0.15) is 0 Å². The minimum atomic E-state index is 0.183.